The lowest BCUT2D eigenvalue weighted by molar-refractivity contribution is -0.117. The van der Waals surface area contributed by atoms with Crippen LogP contribution in [0, 0.1) is 0 Å². The lowest BCUT2D eigenvalue weighted by Crippen LogP contribution is -2.24. The van der Waals surface area contributed by atoms with E-state index in [-0.39, 0.29) is 11.2 Å². The second kappa shape index (κ2) is 6.19. The van der Waals surface area contributed by atoms with Gasteiger partial charge in [0.15, 0.2) is 11.5 Å². The van der Waals surface area contributed by atoms with E-state index in [1.807, 2.05) is 32.0 Å². The van der Waals surface area contributed by atoms with Crippen molar-refractivity contribution in [2.45, 2.75) is 25.5 Å². The average Bonchev–Trinajstić information content (AvgIpc) is 2.71. The summed E-state index contributed by atoms with van der Waals surface area (Å²) in [6.07, 6.45) is 0.486. The molecule has 1 heterocycles. The Balaban J connectivity index is 2.27. The van der Waals surface area contributed by atoms with Gasteiger partial charge in [0.25, 0.3) is 0 Å². The van der Waals surface area contributed by atoms with Gasteiger partial charge in [-0.3, -0.25) is 4.79 Å². The number of benzene rings is 1. The molecule has 1 unspecified atom stereocenters. The van der Waals surface area contributed by atoms with E-state index in [4.69, 9.17) is 9.47 Å². The maximum atomic E-state index is 11.9. The third-order valence-corrected chi connectivity index (χ3v) is 3.29. The van der Waals surface area contributed by atoms with Crippen molar-refractivity contribution in [1.29, 1.82) is 0 Å². The van der Waals surface area contributed by atoms with Crippen molar-refractivity contribution in [3.63, 3.8) is 0 Å². The molecule has 5 heteroatoms. The van der Waals surface area contributed by atoms with Crippen LogP contribution in [0.25, 0.3) is 0 Å². The van der Waals surface area contributed by atoms with Crippen molar-refractivity contribution in [3.05, 3.63) is 18.2 Å². The minimum Gasteiger partial charge on any atom is -0.490 e. The van der Waals surface area contributed by atoms with E-state index < -0.39 is 0 Å². The first-order chi connectivity index (χ1) is 9.15. The molecule has 0 aromatic heterocycles. The van der Waals surface area contributed by atoms with Crippen LogP contribution in [0.3, 0.4) is 0 Å². The summed E-state index contributed by atoms with van der Waals surface area (Å²) in [6.45, 7) is 5.64. The topological polar surface area (TPSA) is 38.8 Å². The number of rotatable bonds is 5. The molecule has 1 fully saturated rings. The molecule has 4 nitrogen and oxygen atoms in total. The van der Waals surface area contributed by atoms with Gasteiger partial charge in [0.05, 0.1) is 13.2 Å². The first-order valence-electron chi connectivity index (χ1n) is 6.53. The summed E-state index contributed by atoms with van der Waals surface area (Å²) in [6, 6.07) is 5.60. The van der Waals surface area contributed by atoms with Crippen LogP contribution in [-0.2, 0) is 4.79 Å². The first kappa shape index (κ1) is 14.1. The van der Waals surface area contributed by atoms with Gasteiger partial charge in [0, 0.05) is 30.0 Å². The van der Waals surface area contributed by atoms with Gasteiger partial charge in [0.2, 0.25) is 5.91 Å². The van der Waals surface area contributed by atoms with Gasteiger partial charge in [-0.2, -0.15) is 12.6 Å². The molecule has 1 aromatic rings. The van der Waals surface area contributed by atoms with Crippen LogP contribution in [0.4, 0.5) is 5.69 Å². The average molecular weight is 281 g/mol. The molecule has 1 aliphatic rings. The molecule has 0 bridgehead atoms. The van der Waals surface area contributed by atoms with Crippen LogP contribution in [-0.4, -0.2) is 30.9 Å². The molecule has 0 N–H and O–H groups in total. The van der Waals surface area contributed by atoms with Gasteiger partial charge in [-0.1, -0.05) is 0 Å². The van der Waals surface area contributed by atoms with Crippen LogP contribution < -0.4 is 14.4 Å². The minimum atomic E-state index is 0.103. The molecule has 19 heavy (non-hydrogen) atoms. The Labute approximate surface area is 119 Å². The Bertz CT molecular complexity index is 464. The van der Waals surface area contributed by atoms with Crippen LogP contribution in [0.2, 0.25) is 0 Å². The van der Waals surface area contributed by atoms with Crippen LogP contribution in [0.15, 0.2) is 18.2 Å². The van der Waals surface area contributed by atoms with Crippen LogP contribution in [0.5, 0.6) is 11.5 Å². The molecule has 0 spiro atoms. The Morgan fingerprint density at radius 3 is 2.53 bits per heavy atom. The van der Waals surface area contributed by atoms with Gasteiger partial charge in [-0.25, -0.2) is 0 Å². The Kier molecular flexibility index (Phi) is 4.58. The van der Waals surface area contributed by atoms with Crippen molar-refractivity contribution >= 4 is 24.2 Å². The Morgan fingerprint density at radius 2 is 1.95 bits per heavy atom. The predicted octanol–water partition coefficient (Wildman–Crippen LogP) is 2.52. The number of anilines is 1. The second-order valence-electron chi connectivity index (χ2n) is 4.36. The fourth-order valence-corrected chi connectivity index (χ4v) is 2.47. The largest absolute Gasteiger partial charge is 0.490 e. The lowest BCUT2D eigenvalue weighted by atomic mass is 10.2. The molecule has 1 amide bonds. The van der Waals surface area contributed by atoms with Gasteiger partial charge >= 0.3 is 0 Å². The monoisotopic (exact) mass is 281 g/mol. The molecule has 1 saturated heterocycles. The number of amides is 1. The fraction of sp³-hybridized carbons (Fsp3) is 0.500. The van der Waals surface area contributed by atoms with Crippen molar-refractivity contribution in [2.24, 2.45) is 0 Å². The highest BCUT2D eigenvalue weighted by Crippen LogP contribution is 2.34. The van der Waals surface area contributed by atoms with E-state index in [0.29, 0.717) is 37.7 Å². The maximum absolute atomic E-state index is 11.9. The van der Waals surface area contributed by atoms with Gasteiger partial charge in [-0.15, -0.1) is 0 Å². The zero-order valence-electron chi connectivity index (χ0n) is 11.3. The molecular formula is C14H19NO3S. The second-order valence-corrected chi connectivity index (χ2v) is 5.09. The highest BCUT2D eigenvalue weighted by Gasteiger charge is 2.28. The molecule has 1 aliphatic heterocycles. The highest BCUT2D eigenvalue weighted by molar-refractivity contribution is 7.81. The van der Waals surface area contributed by atoms with Gasteiger partial charge in [-0.05, 0) is 26.0 Å². The number of ether oxygens (including phenoxy) is 2. The number of nitrogens with zero attached hydrogens (tertiary/aromatic N) is 1. The summed E-state index contributed by atoms with van der Waals surface area (Å²) in [7, 11) is 0. The number of carbonyl (C=O) groups is 1. The van der Waals surface area contributed by atoms with Crippen molar-refractivity contribution in [1.82, 2.24) is 0 Å². The normalized spacial score (nSPS) is 18.8. The highest BCUT2D eigenvalue weighted by atomic mass is 32.1. The summed E-state index contributed by atoms with van der Waals surface area (Å²) in [5, 5.41) is 0.106. The van der Waals surface area contributed by atoms with Crippen LogP contribution >= 0.6 is 12.6 Å². The summed E-state index contributed by atoms with van der Waals surface area (Å²) in [5.41, 5.74) is 0.841. The number of hydrogen-bond acceptors (Lipinski definition) is 4. The molecular weight excluding hydrogens is 262 g/mol. The third kappa shape index (κ3) is 3.15. The zero-order valence-corrected chi connectivity index (χ0v) is 12.2. The van der Waals surface area contributed by atoms with Crippen molar-refractivity contribution in [2.75, 3.05) is 24.7 Å². The standard InChI is InChI=1S/C14H19NO3S/c1-3-17-12-6-5-10(7-13(12)18-4-2)15-9-11(19)8-14(15)16/h5-7,11,19H,3-4,8-9H2,1-2H3. The van der Waals surface area contributed by atoms with E-state index >= 15 is 0 Å². The van der Waals surface area contributed by atoms with E-state index in [0.717, 1.165) is 5.69 Å². The predicted molar refractivity (Wildman–Crippen MR) is 78.5 cm³/mol. The third-order valence-electron chi connectivity index (χ3n) is 2.94. The van der Waals surface area contributed by atoms with E-state index in [1.165, 1.54) is 0 Å². The maximum Gasteiger partial charge on any atom is 0.228 e. The number of carbonyl (C=O) groups excluding carboxylic acids is 1. The van der Waals surface area contributed by atoms with Crippen molar-refractivity contribution in [3.8, 4) is 11.5 Å². The molecule has 2 rings (SSSR count). The first-order valence-corrected chi connectivity index (χ1v) is 7.05. The van der Waals surface area contributed by atoms with Gasteiger partial charge < -0.3 is 14.4 Å². The summed E-state index contributed by atoms with van der Waals surface area (Å²) >= 11 is 4.36. The molecule has 104 valence electrons. The molecule has 1 aromatic carbocycles. The number of hydrogen-bond donors (Lipinski definition) is 1. The van der Waals surface area contributed by atoms with E-state index in [2.05, 4.69) is 12.6 Å². The molecule has 0 radical (unpaired) electrons. The molecule has 1 atom stereocenters. The lowest BCUT2D eigenvalue weighted by Gasteiger charge is -2.18. The smallest absolute Gasteiger partial charge is 0.228 e. The zero-order chi connectivity index (χ0) is 13.8. The Morgan fingerprint density at radius 1 is 1.26 bits per heavy atom. The van der Waals surface area contributed by atoms with Crippen LogP contribution in [0.1, 0.15) is 20.3 Å². The fourth-order valence-electron chi connectivity index (χ4n) is 2.15. The summed E-state index contributed by atoms with van der Waals surface area (Å²) in [5.74, 6) is 1.49. The minimum absolute atomic E-state index is 0.103. The van der Waals surface area contributed by atoms with E-state index in [1.54, 1.807) is 4.90 Å². The summed E-state index contributed by atoms with van der Waals surface area (Å²) < 4.78 is 11.1. The molecule has 0 aliphatic carbocycles. The number of thiol groups is 1. The van der Waals surface area contributed by atoms with Gasteiger partial charge in [0.1, 0.15) is 0 Å². The van der Waals surface area contributed by atoms with Crippen molar-refractivity contribution < 1.29 is 14.3 Å². The van der Waals surface area contributed by atoms with E-state index in [9.17, 15) is 4.79 Å². The quantitative estimate of drug-likeness (QED) is 0.843. The summed E-state index contributed by atoms with van der Waals surface area (Å²) in [4.78, 5) is 13.6. The molecule has 0 saturated carbocycles. The SMILES string of the molecule is CCOc1ccc(N2CC(S)CC2=O)cc1OCC. The Hall–Kier alpha value is -1.36.